The maximum atomic E-state index is 12.0. The molecule has 116 valence electrons. The number of nitrogens with zero attached hydrogens (tertiary/aromatic N) is 3. The van der Waals surface area contributed by atoms with Gasteiger partial charge in [-0.25, -0.2) is 4.79 Å². The van der Waals surface area contributed by atoms with Crippen LogP contribution >= 0.6 is 0 Å². The SMILES string of the molecule is COC(=O)Nc1cnn(CC(=O)Nc2ccc(C)cc2C)n1. The molecule has 0 aliphatic carbocycles. The number of methoxy groups -OCH3 is 1. The molecule has 1 heterocycles. The number of ether oxygens (including phenoxy) is 1. The number of aryl methyl sites for hydroxylation is 2. The lowest BCUT2D eigenvalue weighted by atomic mass is 10.1. The molecule has 8 heteroatoms. The molecule has 0 aliphatic rings. The molecule has 1 aromatic heterocycles. The van der Waals surface area contributed by atoms with Gasteiger partial charge in [0, 0.05) is 5.69 Å². The maximum Gasteiger partial charge on any atom is 0.412 e. The Labute approximate surface area is 127 Å². The maximum absolute atomic E-state index is 12.0. The first-order valence-electron chi connectivity index (χ1n) is 6.60. The van der Waals surface area contributed by atoms with Gasteiger partial charge < -0.3 is 10.1 Å². The normalized spacial score (nSPS) is 10.1. The average Bonchev–Trinajstić information content (AvgIpc) is 2.88. The average molecular weight is 303 g/mol. The van der Waals surface area contributed by atoms with Gasteiger partial charge in [-0.2, -0.15) is 9.90 Å². The summed E-state index contributed by atoms with van der Waals surface area (Å²) in [4.78, 5) is 24.2. The highest BCUT2D eigenvalue weighted by Gasteiger charge is 2.09. The van der Waals surface area contributed by atoms with E-state index in [1.807, 2.05) is 32.0 Å². The summed E-state index contributed by atoms with van der Waals surface area (Å²) >= 11 is 0. The number of rotatable bonds is 4. The summed E-state index contributed by atoms with van der Waals surface area (Å²) in [6, 6.07) is 5.76. The van der Waals surface area contributed by atoms with Crippen molar-refractivity contribution in [2.75, 3.05) is 17.7 Å². The molecule has 0 bridgehead atoms. The van der Waals surface area contributed by atoms with E-state index in [-0.39, 0.29) is 18.3 Å². The second kappa shape index (κ2) is 6.70. The zero-order chi connectivity index (χ0) is 16.1. The van der Waals surface area contributed by atoms with Crippen LogP contribution < -0.4 is 10.6 Å². The molecule has 2 rings (SSSR count). The molecule has 2 amide bonds. The summed E-state index contributed by atoms with van der Waals surface area (Å²) in [7, 11) is 1.25. The molecule has 0 saturated heterocycles. The number of aromatic nitrogens is 3. The largest absolute Gasteiger partial charge is 0.453 e. The van der Waals surface area contributed by atoms with Crippen molar-refractivity contribution in [2.24, 2.45) is 0 Å². The highest BCUT2D eigenvalue weighted by Crippen LogP contribution is 2.15. The van der Waals surface area contributed by atoms with Crippen LogP contribution in [0.15, 0.2) is 24.4 Å². The zero-order valence-corrected chi connectivity index (χ0v) is 12.6. The van der Waals surface area contributed by atoms with Gasteiger partial charge in [-0.15, -0.1) is 5.10 Å². The molecule has 2 aromatic rings. The first-order chi connectivity index (χ1) is 10.5. The minimum Gasteiger partial charge on any atom is -0.453 e. The fraction of sp³-hybridized carbons (Fsp3) is 0.286. The number of anilines is 2. The first-order valence-corrected chi connectivity index (χ1v) is 6.60. The molecule has 8 nitrogen and oxygen atoms in total. The van der Waals surface area contributed by atoms with Gasteiger partial charge in [0.15, 0.2) is 5.82 Å². The number of carbonyl (C=O) groups excluding carboxylic acids is 2. The van der Waals surface area contributed by atoms with Crippen LogP contribution in [0.3, 0.4) is 0 Å². The Morgan fingerprint density at radius 3 is 2.73 bits per heavy atom. The Kier molecular flexibility index (Phi) is 4.72. The molecule has 2 N–H and O–H groups in total. The molecular formula is C14H17N5O3. The van der Waals surface area contributed by atoms with Crippen LogP contribution in [0.5, 0.6) is 0 Å². The molecule has 22 heavy (non-hydrogen) atoms. The van der Waals surface area contributed by atoms with E-state index in [1.54, 1.807) is 0 Å². The van der Waals surface area contributed by atoms with E-state index in [1.165, 1.54) is 18.1 Å². The van der Waals surface area contributed by atoms with E-state index in [2.05, 4.69) is 25.6 Å². The van der Waals surface area contributed by atoms with Gasteiger partial charge in [-0.3, -0.25) is 10.1 Å². The number of hydrogen-bond donors (Lipinski definition) is 2. The summed E-state index contributed by atoms with van der Waals surface area (Å²) in [5, 5.41) is 13.0. The van der Waals surface area contributed by atoms with Crippen LogP contribution in [-0.2, 0) is 16.1 Å². The Balaban J connectivity index is 1.96. The Morgan fingerprint density at radius 2 is 2.05 bits per heavy atom. The zero-order valence-electron chi connectivity index (χ0n) is 12.6. The molecule has 0 fully saturated rings. The molecule has 0 atom stereocenters. The number of hydrogen-bond acceptors (Lipinski definition) is 5. The lowest BCUT2D eigenvalue weighted by Gasteiger charge is -2.08. The Morgan fingerprint density at radius 1 is 1.27 bits per heavy atom. The molecular weight excluding hydrogens is 286 g/mol. The second-order valence-corrected chi connectivity index (χ2v) is 4.74. The van der Waals surface area contributed by atoms with Crippen molar-refractivity contribution >= 4 is 23.5 Å². The molecule has 1 aromatic carbocycles. The van der Waals surface area contributed by atoms with E-state index in [0.29, 0.717) is 0 Å². The third-order valence-electron chi connectivity index (χ3n) is 2.89. The predicted molar refractivity (Wildman–Crippen MR) is 80.6 cm³/mol. The van der Waals surface area contributed by atoms with Crippen molar-refractivity contribution in [3.8, 4) is 0 Å². The highest BCUT2D eigenvalue weighted by atomic mass is 16.5. The van der Waals surface area contributed by atoms with Crippen LogP contribution in [0.25, 0.3) is 0 Å². The molecule has 0 saturated carbocycles. The van der Waals surface area contributed by atoms with Crippen molar-refractivity contribution in [1.29, 1.82) is 0 Å². The van der Waals surface area contributed by atoms with E-state index in [4.69, 9.17) is 0 Å². The number of carbonyl (C=O) groups is 2. The van der Waals surface area contributed by atoms with Crippen molar-refractivity contribution in [1.82, 2.24) is 15.0 Å². The van der Waals surface area contributed by atoms with Crippen molar-refractivity contribution < 1.29 is 14.3 Å². The van der Waals surface area contributed by atoms with Crippen LogP contribution in [0.1, 0.15) is 11.1 Å². The molecule has 0 spiro atoms. The van der Waals surface area contributed by atoms with Gasteiger partial charge in [-0.05, 0) is 25.5 Å². The van der Waals surface area contributed by atoms with Crippen molar-refractivity contribution in [3.05, 3.63) is 35.5 Å². The lowest BCUT2D eigenvalue weighted by molar-refractivity contribution is -0.117. The lowest BCUT2D eigenvalue weighted by Crippen LogP contribution is -2.21. The Hall–Kier alpha value is -2.90. The molecule has 0 unspecified atom stereocenters. The van der Waals surface area contributed by atoms with Crippen LogP contribution in [0, 0.1) is 13.8 Å². The van der Waals surface area contributed by atoms with E-state index < -0.39 is 6.09 Å². The monoisotopic (exact) mass is 303 g/mol. The predicted octanol–water partition coefficient (Wildman–Crippen LogP) is 1.71. The van der Waals surface area contributed by atoms with Crippen LogP contribution in [0.2, 0.25) is 0 Å². The number of nitrogens with one attached hydrogen (secondary N) is 2. The van der Waals surface area contributed by atoms with Crippen molar-refractivity contribution in [3.63, 3.8) is 0 Å². The fourth-order valence-corrected chi connectivity index (χ4v) is 1.86. The first kappa shape index (κ1) is 15.5. The van der Waals surface area contributed by atoms with Gasteiger partial charge >= 0.3 is 6.09 Å². The van der Waals surface area contributed by atoms with Gasteiger partial charge in [0.1, 0.15) is 6.54 Å². The minimum absolute atomic E-state index is 0.0594. The number of benzene rings is 1. The van der Waals surface area contributed by atoms with Gasteiger partial charge in [0.05, 0.1) is 13.3 Å². The van der Waals surface area contributed by atoms with Gasteiger partial charge in [-0.1, -0.05) is 17.7 Å². The quantitative estimate of drug-likeness (QED) is 0.896. The minimum atomic E-state index is -0.646. The fourth-order valence-electron chi connectivity index (χ4n) is 1.86. The third kappa shape index (κ3) is 4.05. The summed E-state index contributed by atoms with van der Waals surface area (Å²) in [5.74, 6) is -0.0432. The van der Waals surface area contributed by atoms with Crippen LogP contribution in [-0.4, -0.2) is 34.1 Å². The number of amides is 2. The summed E-state index contributed by atoms with van der Waals surface area (Å²) in [5.41, 5.74) is 2.85. The standard InChI is InChI=1S/C14H17N5O3/c1-9-4-5-11(10(2)6-9)16-13(20)8-19-15-7-12(18-19)17-14(21)22-3/h4-7H,8H2,1-3H3,(H,16,20)(H,17,18,21). The van der Waals surface area contributed by atoms with Crippen LogP contribution in [0.4, 0.5) is 16.3 Å². The van der Waals surface area contributed by atoms with E-state index in [9.17, 15) is 9.59 Å². The van der Waals surface area contributed by atoms with E-state index >= 15 is 0 Å². The highest BCUT2D eigenvalue weighted by molar-refractivity contribution is 5.91. The summed E-state index contributed by atoms with van der Waals surface area (Å²) < 4.78 is 4.44. The third-order valence-corrected chi connectivity index (χ3v) is 2.89. The molecule has 0 radical (unpaired) electrons. The smallest absolute Gasteiger partial charge is 0.412 e. The molecule has 0 aliphatic heterocycles. The summed E-state index contributed by atoms with van der Waals surface area (Å²) in [6.45, 7) is 3.85. The van der Waals surface area contributed by atoms with E-state index in [0.717, 1.165) is 16.8 Å². The topological polar surface area (TPSA) is 98.1 Å². The Bertz CT molecular complexity index is 696. The van der Waals surface area contributed by atoms with Gasteiger partial charge in [0.25, 0.3) is 0 Å². The second-order valence-electron chi connectivity index (χ2n) is 4.74. The van der Waals surface area contributed by atoms with Gasteiger partial charge in [0.2, 0.25) is 5.91 Å². The van der Waals surface area contributed by atoms with Crippen molar-refractivity contribution in [2.45, 2.75) is 20.4 Å². The summed E-state index contributed by atoms with van der Waals surface area (Å²) in [6.07, 6.45) is 0.688.